The quantitative estimate of drug-likeness (QED) is 0.125. The third kappa shape index (κ3) is 5.62. The first-order valence-electron chi connectivity index (χ1n) is 8.66. The van der Waals surface area contributed by atoms with Crippen molar-refractivity contribution in [2.24, 2.45) is 5.11 Å². The van der Waals surface area contributed by atoms with Crippen LogP contribution >= 0.6 is 23.5 Å². The topological polar surface area (TPSA) is 313 Å². The van der Waals surface area contributed by atoms with E-state index in [4.69, 9.17) is 20.9 Å². The minimum Gasteiger partial charge on any atom is -0.756 e. The number of hydrogen-bond donors (Lipinski definition) is 4. The molecule has 1 saturated heterocycles. The molecule has 34 heavy (non-hydrogen) atoms. The van der Waals surface area contributed by atoms with E-state index < -0.39 is 54.0 Å². The maximum Gasteiger partial charge on any atom is 0.478 e. The Bertz CT molecular complexity index is 1280. The molecule has 0 saturated carbocycles. The van der Waals surface area contributed by atoms with Crippen LogP contribution in [0.25, 0.3) is 21.6 Å². The Morgan fingerprint density at radius 3 is 2.62 bits per heavy atom. The number of fused-ring (bicyclic) bond motifs is 1. The van der Waals surface area contributed by atoms with Crippen LogP contribution in [0.5, 0.6) is 0 Å². The number of aromatic nitrogens is 4. The molecule has 3 heterocycles. The molecule has 0 spiro atoms. The van der Waals surface area contributed by atoms with E-state index in [0.717, 1.165) is 6.33 Å². The maximum absolute atomic E-state index is 11.9. The zero-order valence-electron chi connectivity index (χ0n) is 16.7. The zero-order valence-corrected chi connectivity index (χ0v) is 19.3. The summed E-state index contributed by atoms with van der Waals surface area (Å²) in [6, 6.07) is 0. The van der Waals surface area contributed by atoms with Crippen molar-refractivity contribution < 1.29 is 56.3 Å². The highest BCUT2D eigenvalue weighted by atomic mass is 31.3. The molecule has 3 unspecified atom stereocenters. The van der Waals surface area contributed by atoms with Crippen molar-refractivity contribution in [3.05, 3.63) is 23.1 Å². The fourth-order valence-electron chi connectivity index (χ4n) is 3.08. The predicted molar refractivity (Wildman–Crippen MR) is 103 cm³/mol. The molecule has 0 amide bonds. The number of nitrogens with two attached hydrogens (primary N) is 1. The Balaban J connectivity index is 1.83. The summed E-state index contributed by atoms with van der Waals surface area (Å²) in [4.78, 5) is 54.3. The molecule has 23 heteroatoms. The SMILES string of the molecule is C[C@@]1(N=[N+]=[N-])[C@H](O)[C@@H](COP(=O)(O)OP(=O)([O-])OP(=O)([O-])O)O[C@H]1n1cnc2c(N)ncnc21. The fraction of sp³-hybridized carbons (Fsp3) is 0.545. The molecule has 2 aromatic rings. The molecule has 2 aromatic heterocycles. The Kier molecular flexibility index (Phi) is 7.21. The number of imidazole rings is 1. The van der Waals surface area contributed by atoms with Gasteiger partial charge < -0.3 is 35.2 Å². The van der Waals surface area contributed by atoms with E-state index in [1.165, 1.54) is 17.8 Å². The summed E-state index contributed by atoms with van der Waals surface area (Å²) in [5.74, 6) is 0.0146. The molecule has 1 fully saturated rings. The molecule has 1 aliphatic heterocycles. The van der Waals surface area contributed by atoms with Crippen LogP contribution < -0.4 is 15.5 Å². The highest BCUT2D eigenvalue weighted by Gasteiger charge is 2.55. The van der Waals surface area contributed by atoms with Crippen LogP contribution in [0.15, 0.2) is 17.8 Å². The number of rotatable bonds is 9. The number of nitrogens with zero attached hydrogens (tertiary/aromatic N) is 7. The molecule has 0 aromatic carbocycles. The van der Waals surface area contributed by atoms with E-state index in [1.807, 2.05) is 0 Å². The minimum absolute atomic E-state index is 0.0146. The number of anilines is 1. The van der Waals surface area contributed by atoms with E-state index in [1.54, 1.807) is 0 Å². The molecule has 0 radical (unpaired) electrons. The van der Waals surface area contributed by atoms with Crippen LogP contribution in [0, 0.1) is 0 Å². The van der Waals surface area contributed by atoms with Crippen LogP contribution in [-0.4, -0.2) is 58.8 Å². The lowest BCUT2D eigenvalue weighted by atomic mass is 9.93. The standard InChI is InChI=1S/C11H17N8O12P3/c1-11(17-18-13)7(20)5(2-28-33(24,25)31-34(26,27)30-32(21,22)23)29-10(11)19-4-16-6-8(12)14-3-15-9(6)19/h3-5,7,10,20H,2H2,1H3,(H,24,25)(H,26,27)(H2,12,14,15)(H2,21,22,23)/p-2/t5-,7-,10-,11-/m1/s1. The van der Waals surface area contributed by atoms with E-state index in [9.17, 15) is 33.5 Å². The Labute approximate surface area is 188 Å². The first kappa shape index (κ1) is 26.6. The number of phosphoric acid groups is 3. The normalized spacial score (nSPS) is 30.2. The monoisotopic (exact) mass is 544 g/mol. The van der Waals surface area contributed by atoms with Gasteiger partial charge in [-0.1, -0.05) is 5.11 Å². The van der Waals surface area contributed by atoms with Gasteiger partial charge in [0.15, 0.2) is 17.7 Å². The van der Waals surface area contributed by atoms with Crippen molar-refractivity contribution in [1.82, 2.24) is 19.5 Å². The van der Waals surface area contributed by atoms with Gasteiger partial charge in [0.05, 0.1) is 19.0 Å². The van der Waals surface area contributed by atoms with E-state index >= 15 is 0 Å². The van der Waals surface area contributed by atoms with Gasteiger partial charge in [-0.05, 0) is 12.5 Å². The van der Waals surface area contributed by atoms with Crippen molar-refractivity contribution in [3.8, 4) is 0 Å². The Morgan fingerprint density at radius 1 is 1.32 bits per heavy atom. The second-order valence-corrected chi connectivity index (χ2v) is 11.1. The van der Waals surface area contributed by atoms with Gasteiger partial charge in [-0.25, -0.2) is 28.1 Å². The summed E-state index contributed by atoms with van der Waals surface area (Å²) >= 11 is 0. The number of azide groups is 1. The first-order chi connectivity index (χ1) is 15.6. The number of hydrogen-bond acceptors (Lipinski definition) is 15. The molecule has 20 nitrogen and oxygen atoms in total. The summed E-state index contributed by atoms with van der Waals surface area (Å²) in [6.45, 7) is 0.250. The lowest BCUT2D eigenvalue weighted by Crippen LogP contribution is -2.42. The van der Waals surface area contributed by atoms with Crippen LogP contribution in [-0.2, 0) is 31.6 Å². The second-order valence-electron chi connectivity index (χ2n) is 6.81. The highest BCUT2D eigenvalue weighted by molar-refractivity contribution is 7.65. The van der Waals surface area contributed by atoms with Crippen molar-refractivity contribution in [2.75, 3.05) is 12.3 Å². The largest absolute Gasteiger partial charge is 0.756 e. The van der Waals surface area contributed by atoms with Crippen molar-refractivity contribution in [2.45, 2.75) is 30.9 Å². The van der Waals surface area contributed by atoms with Gasteiger partial charge in [-0.15, -0.1) is 0 Å². The van der Waals surface area contributed by atoms with E-state index in [0.29, 0.717) is 0 Å². The third-order valence-electron chi connectivity index (χ3n) is 4.46. The predicted octanol–water partition coefficient (Wildman–Crippen LogP) is -1.18. The number of aliphatic hydroxyl groups excluding tert-OH is 1. The van der Waals surface area contributed by atoms with E-state index in [2.05, 4.69) is 38.1 Å². The highest BCUT2D eigenvalue weighted by Crippen LogP contribution is 2.63. The number of phosphoric ester groups is 1. The lowest BCUT2D eigenvalue weighted by molar-refractivity contribution is -0.236. The summed E-state index contributed by atoms with van der Waals surface area (Å²) in [5, 5.41) is 14.2. The van der Waals surface area contributed by atoms with Gasteiger partial charge in [0.1, 0.15) is 23.5 Å². The minimum atomic E-state index is -6.05. The molecule has 7 atom stereocenters. The first-order valence-corrected chi connectivity index (χ1v) is 13.1. The molecule has 5 N–H and O–H groups in total. The van der Waals surface area contributed by atoms with Crippen molar-refractivity contribution in [1.29, 1.82) is 0 Å². The number of aliphatic hydroxyl groups is 1. The molecule has 0 bridgehead atoms. The Morgan fingerprint density at radius 2 is 2.00 bits per heavy atom. The summed E-state index contributed by atoms with van der Waals surface area (Å²) in [7, 11) is -17.5. The average Bonchev–Trinajstić information content (AvgIpc) is 3.19. The second kappa shape index (κ2) is 9.22. The maximum atomic E-state index is 11.9. The number of nitrogen functional groups attached to an aromatic ring is 1. The molecular formula is C11H15N8O12P3-2. The van der Waals surface area contributed by atoms with Gasteiger partial charge in [-0.2, -0.15) is 0 Å². The van der Waals surface area contributed by atoms with Crippen LogP contribution in [0.2, 0.25) is 0 Å². The zero-order chi connectivity index (χ0) is 25.5. The smallest absolute Gasteiger partial charge is 0.478 e. The number of ether oxygens (including phenoxy) is 1. The van der Waals surface area contributed by atoms with Gasteiger partial charge in [0.25, 0.3) is 15.6 Å². The molecular weight excluding hydrogens is 529 g/mol. The van der Waals surface area contributed by atoms with E-state index in [-0.39, 0.29) is 17.0 Å². The van der Waals surface area contributed by atoms with Crippen LogP contribution in [0.1, 0.15) is 13.2 Å². The lowest BCUT2D eigenvalue weighted by Gasteiger charge is -2.28. The molecule has 188 valence electrons. The van der Waals surface area contributed by atoms with Gasteiger partial charge >= 0.3 is 7.82 Å². The molecule has 1 aliphatic rings. The third-order valence-corrected chi connectivity index (χ3v) is 8.19. The van der Waals surface area contributed by atoms with Gasteiger partial charge in [-0.3, -0.25) is 18.2 Å². The van der Waals surface area contributed by atoms with Crippen molar-refractivity contribution >= 4 is 40.4 Å². The molecule has 0 aliphatic carbocycles. The van der Waals surface area contributed by atoms with Gasteiger partial charge in [0, 0.05) is 4.91 Å². The Hall–Kier alpha value is -2.01. The van der Waals surface area contributed by atoms with Gasteiger partial charge in [0.2, 0.25) is 0 Å². The van der Waals surface area contributed by atoms with Crippen LogP contribution in [0.3, 0.4) is 0 Å². The molecule has 3 rings (SSSR count). The summed E-state index contributed by atoms with van der Waals surface area (Å²) in [6.07, 6.45) is -2.25. The van der Waals surface area contributed by atoms with Crippen molar-refractivity contribution in [3.63, 3.8) is 0 Å². The summed E-state index contributed by atoms with van der Waals surface area (Å²) < 4.78 is 51.9. The average molecular weight is 544 g/mol. The van der Waals surface area contributed by atoms with Crippen LogP contribution in [0.4, 0.5) is 5.82 Å². The fourth-order valence-corrected chi connectivity index (χ4v) is 6.02. The summed E-state index contributed by atoms with van der Waals surface area (Å²) in [5.41, 5.74) is 13.2.